The standard InChI is InChI=1S/C17H29N7O/c1-3-4-7-19-16(18-2)20-10-6-15(25)23-11-13-24(14-12-23)17-21-8-5-9-22-17/h5,8-9H,3-4,6-7,10-14H2,1-2H3,(H2,18,19,20). The van der Waals surface area contributed by atoms with Gasteiger partial charge in [-0.25, -0.2) is 9.97 Å². The van der Waals surface area contributed by atoms with Crippen LogP contribution in [0, 0.1) is 0 Å². The molecule has 138 valence electrons. The lowest BCUT2D eigenvalue weighted by Gasteiger charge is -2.34. The average molecular weight is 347 g/mol. The van der Waals surface area contributed by atoms with Gasteiger partial charge in [0.25, 0.3) is 0 Å². The molecule has 1 aromatic heterocycles. The van der Waals surface area contributed by atoms with E-state index in [2.05, 4.69) is 37.4 Å². The fraction of sp³-hybridized carbons (Fsp3) is 0.647. The zero-order valence-electron chi connectivity index (χ0n) is 15.2. The van der Waals surface area contributed by atoms with Gasteiger partial charge in [0.2, 0.25) is 11.9 Å². The smallest absolute Gasteiger partial charge is 0.225 e. The minimum Gasteiger partial charge on any atom is -0.356 e. The highest BCUT2D eigenvalue weighted by atomic mass is 16.2. The summed E-state index contributed by atoms with van der Waals surface area (Å²) in [6, 6.07) is 1.81. The summed E-state index contributed by atoms with van der Waals surface area (Å²) in [4.78, 5) is 29.1. The van der Waals surface area contributed by atoms with E-state index in [1.807, 2.05) is 4.90 Å². The second-order valence-corrected chi connectivity index (χ2v) is 5.95. The molecule has 1 amide bonds. The van der Waals surface area contributed by atoms with E-state index < -0.39 is 0 Å². The van der Waals surface area contributed by atoms with E-state index in [0.717, 1.165) is 44.4 Å². The highest BCUT2D eigenvalue weighted by Gasteiger charge is 2.22. The van der Waals surface area contributed by atoms with Crippen LogP contribution in [0.3, 0.4) is 0 Å². The van der Waals surface area contributed by atoms with Crippen LogP contribution in [0.25, 0.3) is 0 Å². The lowest BCUT2D eigenvalue weighted by molar-refractivity contribution is -0.131. The number of hydrogen-bond donors (Lipinski definition) is 2. The molecule has 1 fully saturated rings. The maximum atomic E-state index is 12.3. The number of unbranched alkanes of at least 4 members (excludes halogenated alkanes) is 1. The Morgan fingerprint density at radius 3 is 2.48 bits per heavy atom. The lowest BCUT2D eigenvalue weighted by atomic mass is 10.3. The van der Waals surface area contributed by atoms with Crippen LogP contribution in [0.5, 0.6) is 0 Å². The Bertz CT molecular complexity index is 541. The van der Waals surface area contributed by atoms with Crippen molar-refractivity contribution in [3.8, 4) is 0 Å². The number of piperazine rings is 1. The third-order valence-corrected chi connectivity index (χ3v) is 4.15. The van der Waals surface area contributed by atoms with E-state index in [0.29, 0.717) is 26.1 Å². The van der Waals surface area contributed by atoms with Gasteiger partial charge in [-0.3, -0.25) is 9.79 Å². The fourth-order valence-corrected chi connectivity index (χ4v) is 2.66. The Balaban J connectivity index is 1.67. The van der Waals surface area contributed by atoms with Gasteiger partial charge in [-0.1, -0.05) is 13.3 Å². The molecular formula is C17H29N7O. The number of nitrogens with one attached hydrogen (secondary N) is 2. The van der Waals surface area contributed by atoms with Gasteiger partial charge >= 0.3 is 0 Å². The van der Waals surface area contributed by atoms with Gasteiger partial charge in [0.1, 0.15) is 0 Å². The topological polar surface area (TPSA) is 85.8 Å². The minimum absolute atomic E-state index is 0.171. The Kier molecular flexibility index (Phi) is 7.94. The van der Waals surface area contributed by atoms with Crippen LogP contribution in [-0.2, 0) is 4.79 Å². The third kappa shape index (κ3) is 6.21. The molecule has 0 bridgehead atoms. The number of nitrogens with zero attached hydrogens (tertiary/aromatic N) is 5. The molecule has 0 atom stereocenters. The third-order valence-electron chi connectivity index (χ3n) is 4.15. The molecule has 0 aromatic carbocycles. The van der Waals surface area contributed by atoms with Crippen molar-refractivity contribution in [1.82, 2.24) is 25.5 Å². The molecule has 0 radical (unpaired) electrons. The first-order chi connectivity index (χ1) is 12.2. The maximum absolute atomic E-state index is 12.3. The summed E-state index contributed by atoms with van der Waals surface area (Å²) >= 11 is 0. The molecule has 0 unspecified atom stereocenters. The van der Waals surface area contributed by atoms with Gasteiger partial charge in [0.15, 0.2) is 5.96 Å². The molecule has 2 N–H and O–H groups in total. The number of carbonyl (C=O) groups is 1. The number of hydrogen-bond acceptors (Lipinski definition) is 5. The van der Waals surface area contributed by atoms with Gasteiger partial charge in [-0.05, 0) is 12.5 Å². The van der Waals surface area contributed by atoms with Crippen LogP contribution in [0.4, 0.5) is 5.95 Å². The lowest BCUT2D eigenvalue weighted by Crippen LogP contribution is -2.50. The molecule has 0 aliphatic carbocycles. The summed E-state index contributed by atoms with van der Waals surface area (Å²) in [6.45, 7) is 6.59. The quantitative estimate of drug-likeness (QED) is 0.424. The van der Waals surface area contributed by atoms with Crippen molar-refractivity contribution in [1.29, 1.82) is 0 Å². The average Bonchev–Trinajstić information content (AvgIpc) is 2.67. The number of rotatable bonds is 7. The molecule has 25 heavy (non-hydrogen) atoms. The zero-order chi connectivity index (χ0) is 17.9. The summed E-state index contributed by atoms with van der Waals surface area (Å²) in [5, 5.41) is 6.43. The number of aromatic nitrogens is 2. The Morgan fingerprint density at radius 2 is 1.84 bits per heavy atom. The van der Waals surface area contributed by atoms with Crippen molar-refractivity contribution in [3.63, 3.8) is 0 Å². The van der Waals surface area contributed by atoms with Gasteiger partial charge in [-0.15, -0.1) is 0 Å². The van der Waals surface area contributed by atoms with Gasteiger partial charge in [0.05, 0.1) is 0 Å². The predicted molar refractivity (Wildman–Crippen MR) is 99.7 cm³/mol. The van der Waals surface area contributed by atoms with E-state index in [-0.39, 0.29) is 5.91 Å². The molecule has 2 heterocycles. The number of carbonyl (C=O) groups excluding carboxylic acids is 1. The maximum Gasteiger partial charge on any atom is 0.225 e. The molecule has 8 nitrogen and oxygen atoms in total. The van der Waals surface area contributed by atoms with Crippen LogP contribution < -0.4 is 15.5 Å². The molecule has 1 aliphatic rings. The molecule has 1 aliphatic heterocycles. The van der Waals surface area contributed by atoms with Gasteiger partial charge in [0, 0.05) is 65.1 Å². The van der Waals surface area contributed by atoms with Crippen LogP contribution in [0.2, 0.25) is 0 Å². The first-order valence-electron chi connectivity index (χ1n) is 8.99. The molecule has 2 rings (SSSR count). The first-order valence-corrected chi connectivity index (χ1v) is 8.99. The minimum atomic E-state index is 0.171. The molecule has 0 spiro atoms. The van der Waals surface area contributed by atoms with Crippen molar-refractivity contribution in [2.24, 2.45) is 4.99 Å². The van der Waals surface area contributed by atoms with Crippen molar-refractivity contribution >= 4 is 17.8 Å². The van der Waals surface area contributed by atoms with E-state index >= 15 is 0 Å². The molecule has 1 saturated heterocycles. The first kappa shape index (κ1) is 19.0. The highest BCUT2D eigenvalue weighted by molar-refractivity contribution is 5.81. The number of anilines is 1. The van der Waals surface area contributed by atoms with E-state index in [9.17, 15) is 4.79 Å². The Labute approximate surface area is 149 Å². The van der Waals surface area contributed by atoms with Gasteiger partial charge < -0.3 is 20.4 Å². The van der Waals surface area contributed by atoms with Crippen LogP contribution in [0.1, 0.15) is 26.2 Å². The predicted octanol–water partition coefficient (Wildman–Crippen LogP) is 0.480. The van der Waals surface area contributed by atoms with E-state index in [1.54, 1.807) is 25.5 Å². The summed E-state index contributed by atoms with van der Waals surface area (Å²) in [5.74, 6) is 1.66. The number of guanidine groups is 1. The van der Waals surface area contributed by atoms with Crippen LogP contribution >= 0.6 is 0 Å². The molecule has 8 heteroatoms. The number of amides is 1. The normalized spacial score (nSPS) is 15.2. The summed E-state index contributed by atoms with van der Waals surface area (Å²) in [5.41, 5.74) is 0. The van der Waals surface area contributed by atoms with E-state index in [4.69, 9.17) is 0 Å². The van der Waals surface area contributed by atoms with Crippen LogP contribution in [0.15, 0.2) is 23.5 Å². The largest absolute Gasteiger partial charge is 0.356 e. The number of aliphatic imine (C=N–C) groups is 1. The summed E-state index contributed by atoms with van der Waals surface area (Å²) in [7, 11) is 1.74. The SMILES string of the molecule is CCCCNC(=NC)NCCC(=O)N1CCN(c2ncccn2)CC1. The molecule has 0 saturated carbocycles. The highest BCUT2D eigenvalue weighted by Crippen LogP contribution is 2.10. The fourth-order valence-electron chi connectivity index (χ4n) is 2.66. The summed E-state index contributed by atoms with van der Waals surface area (Å²) in [6.07, 6.45) is 6.20. The van der Waals surface area contributed by atoms with Crippen molar-refractivity contribution < 1.29 is 4.79 Å². The van der Waals surface area contributed by atoms with E-state index in [1.165, 1.54) is 0 Å². The van der Waals surface area contributed by atoms with Crippen LogP contribution in [-0.4, -0.2) is 73.1 Å². The zero-order valence-corrected chi connectivity index (χ0v) is 15.2. The molecular weight excluding hydrogens is 318 g/mol. The monoisotopic (exact) mass is 347 g/mol. The van der Waals surface area contributed by atoms with Crippen molar-refractivity contribution in [2.45, 2.75) is 26.2 Å². The Hall–Kier alpha value is -2.38. The second kappa shape index (κ2) is 10.5. The van der Waals surface area contributed by atoms with Gasteiger partial charge in [-0.2, -0.15) is 0 Å². The second-order valence-electron chi connectivity index (χ2n) is 5.95. The Morgan fingerprint density at radius 1 is 1.16 bits per heavy atom. The molecule has 1 aromatic rings. The van der Waals surface area contributed by atoms with Crippen molar-refractivity contribution in [2.75, 3.05) is 51.2 Å². The van der Waals surface area contributed by atoms with Crippen molar-refractivity contribution in [3.05, 3.63) is 18.5 Å². The summed E-state index contributed by atoms with van der Waals surface area (Å²) < 4.78 is 0.